The van der Waals surface area contributed by atoms with Gasteiger partial charge in [-0.05, 0) is 18.4 Å². The molecule has 2 nitrogen and oxygen atoms in total. The van der Waals surface area contributed by atoms with Crippen LogP contribution in [-0.2, 0) is 4.79 Å². The molecule has 1 aliphatic carbocycles. The van der Waals surface area contributed by atoms with E-state index in [4.69, 9.17) is 18.0 Å². The van der Waals surface area contributed by atoms with E-state index in [1.807, 2.05) is 0 Å². The van der Waals surface area contributed by atoms with Crippen molar-refractivity contribution in [1.29, 1.82) is 0 Å². The number of hydrogen-bond acceptors (Lipinski definition) is 3. The molecule has 1 atom stereocenters. The molecule has 2 rings (SSSR count). The van der Waals surface area contributed by atoms with Gasteiger partial charge in [0.05, 0.1) is 10.2 Å². The molecule has 70 valence electrons. The highest BCUT2D eigenvalue weighted by atomic mass is 32.2. The fraction of sp³-hybridized carbons (Fsp3) is 0.556. The summed E-state index contributed by atoms with van der Waals surface area (Å²) in [5.41, 5.74) is 7.84. The first-order chi connectivity index (χ1) is 6.20. The summed E-state index contributed by atoms with van der Waals surface area (Å²) < 4.78 is 0. The van der Waals surface area contributed by atoms with Gasteiger partial charge in [-0.15, -0.1) is 11.8 Å². The summed E-state index contributed by atoms with van der Waals surface area (Å²) in [6.45, 7) is 0. The predicted molar refractivity (Wildman–Crippen MR) is 58.9 cm³/mol. The number of ketones is 1. The van der Waals surface area contributed by atoms with E-state index >= 15 is 0 Å². The summed E-state index contributed by atoms with van der Waals surface area (Å²) in [4.78, 5) is 12.0. The Morgan fingerprint density at radius 3 is 3.00 bits per heavy atom. The molecule has 0 saturated heterocycles. The van der Waals surface area contributed by atoms with Crippen LogP contribution < -0.4 is 5.73 Å². The number of nitrogens with two attached hydrogens (primary N) is 1. The maximum atomic E-state index is 11.5. The van der Waals surface area contributed by atoms with Crippen molar-refractivity contribution in [3.8, 4) is 0 Å². The highest BCUT2D eigenvalue weighted by molar-refractivity contribution is 8.02. The summed E-state index contributed by atoms with van der Waals surface area (Å²) in [5.74, 6) is 1.13. The van der Waals surface area contributed by atoms with Gasteiger partial charge in [0.1, 0.15) is 0 Å². The number of hydrogen-bond donors (Lipinski definition) is 1. The number of rotatable bonds is 1. The quantitative estimate of drug-likeness (QED) is 0.669. The summed E-state index contributed by atoms with van der Waals surface area (Å²) in [6.07, 6.45) is 2.69. The number of thioether (sulfide) groups is 1. The van der Waals surface area contributed by atoms with Gasteiger partial charge in [0.2, 0.25) is 0 Å². The lowest BCUT2D eigenvalue weighted by Crippen LogP contribution is -2.25. The first-order valence-electron chi connectivity index (χ1n) is 4.36. The van der Waals surface area contributed by atoms with Crippen molar-refractivity contribution in [3.05, 3.63) is 11.1 Å². The molecule has 0 spiro atoms. The monoisotopic (exact) mass is 213 g/mol. The molecule has 1 heterocycles. The van der Waals surface area contributed by atoms with Gasteiger partial charge < -0.3 is 5.73 Å². The smallest absolute Gasteiger partial charge is 0.159 e. The Morgan fingerprint density at radius 2 is 2.31 bits per heavy atom. The molecular weight excluding hydrogens is 202 g/mol. The first kappa shape index (κ1) is 9.21. The Labute approximate surface area is 86.9 Å². The third-order valence-corrected chi connectivity index (χ3v) is 4.26. The minimum Gasteiger partial charge on any atom is -0.392 e. The average molecular weight is 213 g/mol. The molecule has 2 N–H and O–H groups in total. The molecule has 0 amide bonds. The topological polar surface area (TPSA) is 43.1 Å². The van der Waals surface area contributed by atoms with Crippen LogP contribution in [0.25, 0.3) is 0 Å². The van der Waals surface area contributed by atoms with E-state index in [-0.39, 0.29) is 5.25 Å². The first-order valence-corrected chi connectivity index (χ1v) is 5.82. The number of carbonyl (C=O) groups is 1. The second kappa shape index (κ2) is 3.42. The van der Waals surface area contributed by atoms with Gasteiger partial charge in [0, 0.05) is 17.7 Å². The Hall–Kier alpha value is -0.350. The van der Waals surface area contributed by atoms with Gasteiger partial charge in [0.25, 0.3) is 0 Å². The van der Waals surface area contributed by atoms with Crippen molar-refractivity contribution in [2.24, 2.45) is 5.73 Å². The molecule has 4 heteroatoms. The SMILES string of the molecule is NC(=S)C1SCC2=C1CCCC2=O. The van der Waals surface area contributed by atoms with E-state index in [0.29, 0.717) is 17.2 Å². The molecule has 0 aromatic heterocycles. The zero-order valence-electron chi connectivity index (χ0n) is 7.21. The number of carbonyl (C=O) groups excluding carboxylic acids is 1. The molecule has 1 unspecified atom stereocenters. The molecular formula is C9H11NOS2. The molecule has 1 aliphatic heterocycles. The zero-order valence-corrected chi connectivity index (χ0v) is 8.84. The molecule has 0 aromatic rings. The van der Waals surface area contributed by atoms with Crippen LogP contribution in [0.15, 0.2) is 11.1 Å². The van der Waals surface area contributed by atoms with Gasteiger partial charge in [-0.3, -0.25) is 4.79 Å². The summed E-state index contributed by atoms with van der Waals surface area (Å²) in [6, 6.07) is 0. The Bertz CT molecular complexity index is 309. The average Bonchev–Trinajstić information content (AvgIpc) is 2.48. The summed E-state index contributed by atoms with van der Waals surface area (Å²) in [7, 11) is 0. The lowest BCUT2D eigenvalue weighted by atomic mass is 9.90. The van der Waals surface area contributed by atoms with Gasteiger partial charge in [-0.25, -0.2) is 0 Å². The van der Waals surface area contributed by atoms with Gasteiger partial charge in [-0.2, -0.15) is 0 Å². The fourth-order valence-electron chi connectivity index (χ4n) is 1.90. The normalized spacial score (nSPS) is 27.7. The second-order valence-electron chi connectivity index (χ2n) is 3.37. The zero-order chi connectivity index (χ0) is 9.42. The van der Waals surface area contributed by atoms with Crippen LogP contribution in [0, 0.1) is 0 Å². The molecule has 2 aliphatic rings. The van der Waals surface area contributed by atoms with Crippen molar-refractivity contribution in [2.45, 2.75) is 24.5 Å². The fourth-order valence-corrected chi connectivity index (χ4v) is 3.56. The third kappa shape index (κ3) is 1.53. The van der Waals surface area contributed by atoms with E-state index in [2.05, 4.69) is 0 Å². The van der Waals surface area contributed by atoms with Gasteiger partial charge in [-0.1, -0.05) is 12.2 Å². The van der Waals surface area contributed by atoms with Crippen LogP contribution in [0.4, 0.5) is 0 Å². The molecule has 0 saturated carbocycles. The van der Waals surface area contributed by atoms with E-state index in [0.717, 1.165) is 24.2 Å². The van der Waals surface area contributed by atoms with Gasteiger partial charge in [0.15, 0.2) is 5.78 Å². The summed E-state index contributed by atoms with van der Waals surface area (Å²) >= 11 is 6.67. The summed E-state index contributed by atoms with van der Waals surface area (Å²) in [5, 5.41) is 0.147. The van der Waals surface area contributed by atoms with Crippen molar-refractivity contribution in [1.82, 2.24) is 0 Å². The Morgan fingerprint density at radius 1 is 1.54 bits per heavy atom. The van der Waals surface area contributed by atoms with Crippen molar-refractivity contribution < 1.29 is 4.79 Å². The Kier molecular flexibility index (Phi) is 2.43. The Balaban J connectivity index is 2.32. The van der Waals surface area contributed by atoms with Crippen molar-refractivity contribution in [3.63, 3.8) is 0 Å². The van der Waals surface area contributed by atoms with Crippen molar-refractivity contribution in [2.75, 3.05) is 5.75 Å². The standard InChI is InChI=1S/C9H11NOS2/c10-9(12)8-5-2-1-3-7(11)6(5)4-13-8/h8H,1-4H2,(H2,10,12). The lowest BCUT2D eigenvalue weighted by molar-refractivity contribution is -0.115. The minimum atomic E-state index is 0.147. The van der Waals surface area contributed by atoms with Crippen LogP contribution >= 0.6 is 24.0 Å². The maximum absolute atomic E-state index is 11.5. The molecule has 0 fully saturated rings. The molecule has 13 heavy (non-hydrogen) atoms. The van der Waals surface area contributed by atoms with E-state index in [1.165, 1.54) is 5.57 Å². The predicted octanol–water partition coefficient (Wildman–Crippen LogP) is 1.44. The molecule has 0 aromatic carbocycles. The maximum Gasteiger partial charge on any atom is 0.159 e. The van der Waals surface area contributed by atoms with E-state index in [9.17, 15) is 4.79 Å². The van der Waals surface area contributed by atoms with Crippen LogP contribution in [0.2, 0.25) is 0 Å². The van der Waals surface area contributed by atoms with Crippen molar-refractivity contribution >= 4 is 34.8 Å². The number of Topliss-reactive ketones (excluding diaryl/α,β-unsaturated/α-hetero) is 1. The largest absolute Gasteiger partial charge is 0.392 e. The second-order valence-corrected chi connectivity index (χ2v) is 4.94. The molecule has 0 radical (unpaired) electrons. The minimum absolute atomic E-state index is 0.147. The van der Waals surface area contributed by atoms with Crippen LogP contribution in [-0.4, -0.2) is 21.8 Å². The number of thiocarbonyl (C=S) groups is 1. The van der Waals surface area contributed by atoms with Crippen LogP contribution in [0.5, 0.6) is 0 Å². The lowest BCUT2D eigenvalue weighted by Gasteiger charge is -2.16. The van der Waals surface area contributed by atoms with E-state index < -0.39 is 0 Å². The highest BCUT2D eigenvalue weighted by Gasteiger charge is 2.33. The van der Waals surface area contributed by atoms with Gasteiger partial charge >= 0.3 is 0 Å². The highest BCUT2D eigenvalue weighted by Crippen LogP contribution is 2.39. The van der Waals surface area contributed by atoms with Crippen LogP contribution in [0.1, 0.15) is 19.3 Å². The third-order valence-electron chi connectivity index (χ3n) is 2.54. The van der Waals surface area contributed by atoms with E-state index in [1.54, 1.807) is 11.8 Å². The molecule has 0 bridgehead atoms. The van der Waals surface area contributed by atoms with Crippen LogP contribution in [0.3, 0.4) is 0 Å².